The van der Waals surface area contributed by atoms with Gasteiger partial charge in [-0.3, -0.25) is 9.59 Å². The minimum Gasteiger partial charge on any atom is -0.465 e. The van der Waals surface area contributed by atoms with E-state index in [4.69, 9.17) is 4.74 Å². The van der Waals surface area contributed by atoms with Crippen molar-refractivity contribution in [2.75, 3.05) is 25.2 Å². The highest BCUT2D eigenvalue weighted by Gasteiger charge is 2.24. The number of carbonyl (C=O) groups excluding carboxylic acids is 2. The number of ether oxygens (including phenoxy) is 1. The van der Waals surface area contributed by atoms with E-state index < -0.39 is 0 Å². The Morgan fingerprint density at radius 1 is 1.21 bits per heavy atom. The number of esters is 1. The molecule has 5 heteroatoms. The molecule has 1 rings (SSSR count). The zero-order valence-corrected chi connectivity index (χ0v) is 13.0. The Morgan fingerprint density at radius 2 is 1.84 bits per heavy atom. The number of hydrogen-bond donors (Lipinski definition) is 0. The van der Waals surface area contributed by atoms with Crippen LogP contribution in [0, 0.1) is 5.92 Å². The van der Waals surface area contributed by atoms with Gasteiger partial charge in [-0.05, 0) is 38.5 Å². The molecular formula is C14H25NO3S. The van der Waals surface area contributed by atoms with Gasteiger partial charge in [-0.15, -0.1) is 11.8 Å². The third-order valence-electron chi connectivity index (χ3n) is 3.68. The van der Waals surface area contributed by atoms with Gasteiger partial charge in [0.1, 0.15) is 0 Å². The normalized spacial score (nSPS) is 22.9. The molecule has 0 aromatic carbocycles. The lowest BCUT2D eigenvalue weighted by Crippen LogP contribution is -2.40. The molecule has 0 bridgehead atoms. The van der Waals surface area contributed by atoms with Crippen molar-refractivity contribution >= 4 is 23.6 Å². The van der Waals surface area contributed by atoms with Crippen LogP contribution in [-0.4, -0.2) is 48.0 Å². The van der Waals surface area contributed by atoms with Gasteiger partial charge in [0.15, 0.2) is 0 Å². The van der Waals surface area contributed by atoms with Crippen molar-refractivity contribution in [3.05, 3.63) is 0 Å². The van der Waals surface area contributed by atoms with E-state index in [2.05, 4.69) is 6.92 Å². The number of rotatable bonds is 6. The summed E-state index contributed by atoms with van der Waals surface area (Å²) in [5.74, 6) is 1.29. The second kappa shape index (κ2) is 8.46. The highest BCUT2D eigenvalue weighted by Crippen LogP contribution is 2.26. The second-order valence-electron chi connectivity index (χ2n) is 5.22. The molecule has 1 aliphatic rings. The minimum atomic E-state index is -0.241. The molecule has 4 nitrogen and oxygen atoms in total. The van der Waals surface area contributed by atoms with E-state index in [-0.39, 0.29) is 17.6 Å². The molecule has 0 aromatic rings. The summed E-state index contributed by atoms with van der Waals surface area (Å²) < 4.78 is 4.83. The molecule has 19 heavy (non-hydrogen) atoms. The highest BCUT2D eigenvalue weighted by molar-refractivity contribution is 8.00. The predicted octanol–water partition coefficient (Wildman–Crippen LogP) is 2.32. The molecule has 1 aliphatic carbocycles. The Labute approximate surface area is 120 Å². The summed E-state index contributed by atoms with van der Waals surface area (Å²) >= 11 is 1.34. The Hall–Kier alpha value is -0.710. The summed E-state index contributed by atoms with van der Waals surface area (Å²) in [6, 6.07) is 0.381. The van der Waals surface area contributed by atoms with Crippen molar-refractivity contribution in [2.45, 2.75) is 45.6 Å². The van der Waals surface area contributed by atoms with Crippen LogP contribution >= 0.6 is 11.8 Å². The van der Waals surface area contributed by atoms with Gasteiger partial charge in [-0.25, -0.2) is 0 Å². The van der Waals surface area contributed by atoms with Crippen LogP contribution in [0.5, 0.6) is 0 Å². The predicted molar refractivity (Wildman–Crippen MR) is 78.1 cm³/mol. The van der Waals surface area contributed by atoms with Crippen LogP contribution in [0.2, 0.25) is 0 Å². The van der Waals surface area contributed by atoms with Gasteiger partial charge in [0.2, 0.25) is 5.91 Å². The molecule has 1 amide bonds. The second-order valence-corrected chi connectivity index (χ2v) is 6.20. The summed E-state index contributed by atoms with van der Waals surface area (Å²) in [5, 5.41) is 0. The monoisotopic (exact) mass is 287 g/mol. The van der Waals surface area contributed by atoms with Crippen molar-refractivity contribution < 1.29 is 14.3 Å². The SMILES string of the molecule is CCOC(=O)CSCC(=O)N(C)C1CCC(C)CC1. The fraction of sp³-hybridized carbons (Fsp3) is 0.857. The molecule has 0 atom stereocenters. The number of carbonyl (C=O) groups is 2. The van der Waals surface area contributed by atoms with Crippen molar-refractivity contribution in [2.24, 2.45) is 5.92 Å². The molecule has 0 spiro atoms. The quantitative estimate of drug-likeness (QED) is 0.703. The topological polar surface area (TPSA) is 46.6 Å². The summed E-state index contributed by atoms with van der Waals surface area (Å²) in [4.78, 5) is 25.0. The lowest BCUT2D eigenvalue weighted by Gasteiger charge is -2.33. The molecule has 110 valence electrons. The van der Waals surface area contributed by atoms with Crippen LogP contribution in [-0.2, 0) is 14.3 Å². The minimum absolute atomic E-state index is 0.119. The third-order valence-corrected chi connectivity index (χ3v) is 4.57. The average molecular weight is 287 g/mol. The van der Waals surface area contributed by atoms with Crippen LogP contribution in [0.15, 0.2) is 0 Å². The molecule has 0 aromatic heterocycles. The average Bonchev–Trinajstić information content (AvgIpc) is 2.39. The van der Waals surface area contributed by atoms with Gasteiger partial charge in [-0.2, -0.15) is 0 Å². The Balaban J connectivity index is 2.23. The summed E-state index contributed by atoms with van der Waals surface area (Å²) in [6.07, 6.45) is 4.62. The number of nitrogens with zero attached hydrogens (tertiary/aromatic N) is 1. The zero-order valence-electron chi connectivity index (χ0n) is 12.2. The van der Waals surface area contributed by atoms with Crippen LogP contribution in [0.1, 0.15) is 39.5 Å². The number of hydrogen-bond acceptors (Lipinski definition) is 4. The summed E-state index contributed by atoms with van der Waals surface area (Å²) in [7, 11) is 1.88. The maximum atomic E-state index is 12.0. The van der Waals surface area contributed by atoms with E-state index in [0.29, 0.717) is 18.4 Å². The molecule has 0 heterocycles. The van der Waals surface area contributed by atoms with Gasteiger partial charge in [-0.1, -0.05) is 6.92 Å². The van der Waals surface area contributed by atoms with Crippen LogP contribution in [0.4, 0.5) is 0 Å². The van der Waals surface area contributed by atoms with E-state index >= 15 is 0 Å². The standard InChI is InChI=1S/C14H25NO3S/c1-4-18-14(17)10-19-9-13(16)15(3)12-7-5-11(2)6-8-12/h11-12H,4-10H2,1-3H3. The van der Waals surface area contributed by atoms with Gasteiger partial charge in [0, 0.05) is 13.1 Å². The number of amides is 1. The number of thioether (sulfide) groups is 1. The van der Waals surface area contributed by atoms with E-state index in [1.807, 2.05) is 11.9 Å². The van der Waals surface area contributed by atoms with Gasteiger partial charge in [0.25, 0.3) is 0 Å². The first-order valence-electron chi connectivity index (χ1n) is 7.03. The van der Waals surface area contributed by atoms with Crippen molar-refractivity contribution in [3.8, 4) is 0 Å². The van der Waals surface area contributed by atoms with Crippen LogP contribution in [0.25, 0.3) is 0 Å². The molecule has 0 radical (unpaired) electrons. The smallest absolute Gasteiger partial charge is 0.315 e. The van der Waals surface area contributed by atoms with Crippen LogP contribution < -0.4 is 0 Å². The summed E-state index contributed by atoms with van der Waals surface area (Å²) in [5.41, 5.74) is 0. The molecule has 0 N–H and O–H groups in total. The fourth-order valence-corrected chi connectivity index (χ4v) is 3.09. The Bertz CT molecular complexity index is 301. The maximum absolute atomic E-state index is 12.0. The molecule has 0 unspecified atom stereocenters. The first-order chi connectivity index (χ1) is 9.04. The van der Waals surface area contributed by atoms with Crippen LogP contribution in [0.3, 0.4) is 0 Å². The lowest BCUT2D eigenvalue weighted by atomic mass is 9.87. The Morgan fingerprint density at radius 3 is 2.42 bits per heavy atom. The summed E-state index contributed by atoms with van der Waals surface area (Å²) in [6.45, 7) is 4.45. The van der Waals surface area contributed by atoms with Gasteiger partial charge in [0.05, 0.1) is 18.1 Å². The molecule has 1 fully saturated rings. The largest absolute Gasteiger partial charge is 0.465 e. The molecule has 0 saturated heterocycles. The van der Waals surface area contributed by atoms with E-state index in [9.17, 15) is 9.59 Å². The molecular weight excluding hydrogens is 262 g/mol. The van der Waals surface area contributed by atoms with Crippen molar-refractivity contribution in [1.29, 1.82) is 0 Å². The molecule has 0 aliphatic heterocycles. The van der Waals surface area contributed by atoms with Gasteiger partial charge >= 0.3 is 5.97 Å². The fourth-order valence-electron chi connectivity index (χ4n) is 2.36. The van der Waals surface area contributed by atoms with Crippen molar-refractivity contribution in [3.63, 3.8) is 0 Å². The van der Waals surface area contributed by atoms with E-state index in [0.717, 1.165) is 18.8 Å². The zero-order chi connectivity index (χ0) is 14.3. The maximum Gasteiger partial charge on any atom is 0.315 e. The first kappa shape index (κ1) is 16.3. The van der Waals surface area contributed by atoms with Crippen molar-refractivity contribution in [1.82, 2.24) is 4.90 Å². The molecule has 1 saturated carbocycles. The van der Waals surface area contributed by atoms with E-state index in [1.54, 1.807) is 6.92 Å². The lowest BCUT2D eigenvalue weighted by molar-refractivity contribution is -0.139. The Kier molecular flexibility index (Phi) is 7.28. The van der Waals surface area contributed by atoms with Gasteiger partial charge < -0.3 is 9.64 Å². The van der Waals surface area contributed by atoms with E-state index in [1.165, 1.54) is 24.6 Å². The third kappa shape index (κ3) is 5.85. The first-order valence-corrected chi connectivity index (χ1v) is 8.19. The highest BCUT2D eigenvalue weighted by atomic mass is 32.2.